The van der Waals surface area contributed by atoms with E-state index in [9.17, 15) is 24.0 Å². The highest BCUT2D eigenvalue weighted by molar-refractivity contribution is 6.05. The Morgan fingerprint density at radius 1 is 1.07 bits per heavy atom. The van der Waals surface area contributed by atoms with Crippen LogP contribution in [0.15, 0.2) is 0 Å². The van der Waals surface area contributed by atoms with E-state index < -0.39 is 18.5 Å². The maximum Gasteiger partial charge on any atom is 0.308 e. The lowest BCUT2D eigenvalue weighted by molar-refractivity contribution is -0.149. The SMILES string of the molecule is CC(C)NC(=O)CNC(=O)COC(=O)CCN1C(=O)[C@H]2CCCC[C@@H]2C1=O. The molecule has 0 spiro atoms. The number of hydrogen-bond donors (Lipinski definition) is 2. The topological polar surface area (TPSA) is 122 Å². The minimum atomic E-state index is -0.674. The maximum absolute atomic E-state index is 12.3. The van der Waals surface area contributed by atoms with E-state index in [1.54, 1.807) is 13.8 Å². The van der Waals surface area contributed by atoms with Gasteiger partial charge in [0.2, 0.25) is 17.7 Å². The molecule has 0 aromatic carbocycles. The van der Waals surface area contributed by atoms with E-state index in [0.717, 1.165) is 30.6 Å². The van der Waals surface area contributed by atoms with Crippen LogP contribution in [0.4, 0.5) is 0 Å². The summed E-state index contributed by atoms with van der Waals surface area (Å²) in [4.78, 5) is 60.5. The predicted octanol–water partition coefficient (Wildman–Crippen LogP) is -0.264. The van der Waals surface area contributed by atoms with Crippen molar-refractivity contribution in [1.82, 2.24) is 15.5 Å². The molecule has 2 fully saturated rings. The van der Waals surface area contributed by atoms with Crippen LogP contribution in [-0.4, -0.2) is 60.2 Å². The zero-order valence-electron chi connectivity index (χ0n) is 15.8. The fraction of sp³-hybridized carbons (Fsp3) is 0.722. The first-order valence-corrected chi connectivity index (χ1v) is 9.36. The second-order valence-corrected chi connectivity index (χ2v) is 7.24. The molecular weight excluding hydrogens is 354 g/mol. The average Bonchev–Trinajstić information content (AvgIpc) is 2.87. The number of ether oxygens (including phenoxy) is 1. The van der Waals surface area contributed by atoms with Crippen LogP contribution in [0.2, 0.25) is 0 Å². The number of carbonyl (C=O) groups excluding carboxylic acids is 5. The first kappa shape index (κ1) is 20.9. The van der Waals surface area contributed by atoms with E-state index in [2.05, 4.69) is 10.6 Å². The molecule has 9 heteroatoms. The molecule has 0 aromatic rings. The van der Waals surface area contributed by atoms with Gasteiger partial charge >= 0.3 is 5.97 Å². The van der Waals surface area contributed by atoms with Gasteiger partial charge in [0, 0.05) is 12.6 Å². The van der Waals surface area contributed by atoms with E-state index in [-0.39, 0.29) is 55.1 Å². The molecular formula is C18H27N3O6. The maximum atomic E-state index is 12.3. The largest absolute Gasteiger partial charge is 0.456 e. The molecule has 0 radical (unpaired) electrons. The third kappa shape index (κ3) is 5.77. The van der Waals surface area contributed by atoms with Gasteiger partial charge in [-0.15, -0.1) is 0 Å². The van der Waals surface area contributed by atoms with E-state index in [0.29, 0.717) is 0 Å². The normalized spacial score (nSPS) is 21.8. The summed E-state index contributed by atoms with van der Waals surface area (Å²) in [5.74, 6) is -2.50. The van der Waals surface area contributed by atoms with Gasteiger partial charge in [-0.2, -0.15) is 0 Å². The quantitative estimate of drug-likeness (QED) is 0.441. The number of amides is 4. The Labute approximate surface area is 158 Å². The number of rotatable bonds is 8. The molecule has 0 bridgehead atoms. The van der Waals surface area contributed by atoms with Crippen LogP contribution in [0.25, 0.3) is 0 Å². The van der Waals surface area contributed by atoms with Gasteiger partial charge in [0.1, 0.15) is 0 Å². The molecule has 2 N–H and O–H groups in total. The van der Waals surface area contributed by atoms with Crippen molar-refractivity contribution in [3.63, 3.8) is 0 Å². The van der Waals surface area contributed by atoms with Gasteiger partial charge in [-0.05, 0) is 26.7 Å². The highest BCUT2D eigenvalue weighted by Gasteiger charge is 2.47. The van der Waals surface area contributed by atoms with E-state index in [1.165, 1.54) is 0 Å². The number of nitrogens with zero attached hydrogens (tertiary/aromatic N) is 1. The zero-order chi connectivity index (χ0) is 20.0. The van der Waals surface area contributed by atoms with Crippen molar-refractivity contribution in [1.29, 1.82) is 0 Å². The summed E-state index contributed by atoms with van der Waals surface area (Å²) in [6.07, 6.45) is 3.18. The van der Waals surface area contributed by atoms with E-state index >= 15 is 0 Å². The van der Waals surface area contributed by atoms with Crippen molar-refractivity contribution in [2.75, 3.05) is 19.7 Å². The second kappa shape index (κ2) is 9.48. The number of fused-ring (bicyclic) bond motifs is 1. The molecule has 4 amide bonds. The summed E-state index contributed by atoms with van der Waals surface area (Å²) in [5, 5.41) is 4.95. The van der Waals surface area contributed by atoms with Gasteiger partial charge in [-0.1, -0.05) is 12.8 Å². The molecule has 1 saturated heterocycles. The number of imide groups is 1. The molecule has 150 valence electrons. The average molecular weight is 381 g/mol. The smallest absolute Gasteiger partial charge is 0.308 e. The molecule has 2 aliphatic rings. The number of carbonyl (C=O) groups is 5. The van der Waals surface area contributed by atoms with E-state index in [4.69, 9.17) is 4.74 Å². The minimum Gasteiger partial charge on any atom is -0.456 e. The molecule has 1 aliphatic carbocycles. The Morgan fingerprint density at radius 3 is 2.22 bits per heavy atom. The van der Waals surface area contributed by atoms with Crippen LogP contribution < -0.4 is 10.6 Å². The van der Waals surface area contributed by atoms with Crippen molar-refractivity contribution < 1.29 is 28.7 Å². The van der Waals surface area contributed by atoms with Gasteiger partial charge < -0.3 is 15.4 Å². The fourth-order valence-corrected chi connectivity index (χ4v) is 3.48. The minimum absolute atomic E-state index is 0.0259. The Kier molecular flexibility index (Phi) is 7.32. The standard InChI is InChI=1S/C18H27N3O6/c1-11(2)20-14(22)9-19-15(23)10-27-16(24)7-8-21-17(25)12-5-3-4-6-13(12)18(21)26/h11-13H,3-10H2,1-2H3,(H,19,23)(H,20,22)/t12-,13-/m0/s1. The van der Waals surface area contributed by atoms with Crippen LogP contribution in [0, 0.1) is 11.8 Å². The summed E-state index contributed by atoms with van der Waals surface area (Å²) in [6, 6.07) is -0.0351. The highest BCUT2D eigenvalue weighted by atomic mass is 16.5. The van der Waals surface area contributed by atoms with Crippen molar-refractivity contribution in [2.24, 2.45) is 11.8 Å². The summed E-state index contributed by atoms with van der Waals surface area (Å²) in [5.41, 5.74) is 0. The summed E-state index contributed by atoms with van der Waals surface area (Å²) >= 11 is 0. The van der Waals surface area contributed by atoms with Gasteiger partial charge in [-0.25, -0.2) is 0 Å². The van der Waals surface area contributed by atoms with Crippen molar-refractivity contribution in [3.05, 3.63) is 0 Å². The van der Waals surface area contributed by atoms with Crippen LogP contribution >= 0.6 is 0 Å². The Balaban J connectivity index is 1.67. The molecule has 0 unspecified atom stereocenters. The Hall–Kier alpha value is -2.45. The number of likely N-dealkylation sites (tertiary alicyclic amines) is 1. The lowest BCUT2D eigenvalue weighted by atomic mass is 9.81. The number of nitrogens with one attached hydrogen (secondary N) is 2. The summed E-state index contributed by atoms with van der Waals surface area (Å²) in [7, 11) is 0. The summed E-state index contributed by atoms with van der Waals surface area (Å²) < 4.78 is 4.83. The summed E-state index contributed by atoms with van der Waals surface area (Å²) in [6.45, 7) is 2.86. The Morgan fingerprint density at radius 2 is 1.67 bits per heavy atom. The Bertz CT molecular complexity index is 594. The van der Waals surface area contributed by atoms with Crippen LogP contribution in [-0.2, 0) is 28.7 Å². The van der Waals surface area contributed by atoms with Gasteiger partial charge in [-0.3, -0.25) is 28.9 Å². The molecule has 27 heavy (non-hydrogen) atoms. The lowest BCUT2D eigenvalue weighted by Gasteiger charge is -2.19. The fourth-order valence-electron chi connectivity index (χ4n) is 3.48. The molecule has 2 atom stereocenters. The van der Waals surface area contributed by atoms with E-state index in [1.807, 2.05) is 0 Å². The molecule has 1 heterocycles. The second-order valence-electron chi connectivity index (χ2n) is 7.24. The van der Waals surface area contributed by atoms with Crippen LogP contribution in [0.5, 0.6) is 0 Å². The van der Waals surface area contributed by atoms with Crippen molar-refractivity contribution >= 4 is 29.6 Å². The first-order valence-electron chi connectivity index (χ1n) is 9.36. The predicted molar refractivity (Wildman–Crippen MR) is 94.0 cm³/mol. The third-order valence-corrected chi connectivity index (χ3v) is 4.73. The monoisotopic (exact) mass is 381 g/mol. The van der Waals surface area contributed by atoms with Crippen LogP contribution in [0.1, 0.15) is 46.0 Å². The zero-order valence-corrected chi connectivity index (χ0v) is 15.8. The van der Waals surface area contributed by atoms with Crippen LogP contribution in [0.3, 0.4) is 0 Å². The van der Waals surface area contributed by atoms with Gasteiger partial charge in [0.25, 0.3) is 5.91 Å². The molecule has 2 rings (SSSR count). The third-order valence-electron chi connectivity index (χ3n) is 4.73. The van der Waals surface area contributed by atoms with Crippen molar-refractivity contribution in [2.45, 2.75) is 52.0 Å². The number of hydrogen-bond acceptors (Lipinski definition) is 6. The van der Waals surface area contributed by atoms with Gasteiger partial charge in [0.05, 0.1) is 24.8 Å². The van der Waals surface area contributed by atoms with Gasteiger partial charge in [0.15, 0.2) is 6.61 Å². The molecule has 1 aliphatic heterocycles. The number of esters is 1. The molecule has 9 nitrogen and oxygen atoms in total. The first-order chi connectivity index (χ1) is 12.8. The lowest BCUT2D eigenvalue weighted by Crippen LogP contribution is -2.41. The molecule has 1 saturated carbocycles. The molecule has 0 aromatic heterocycles. The highest BCUT2D eigenvalue weighted by Crippen LogP contribution is 2.37. The van der Waals surface area contributed by atoms with Crippen molar-refractivity contribution in [3.8, 4) is 0 Å².